The molecule has 1 aliphatic heterocycles. The van der Waals surface area contributed by atoms with E-state index < -0.39 is 31.1 Å². The summed E-state index contributed by atoms with van der Waals surface area (Å²) in [6, 6.07) is 8.93. The molecule has 1 aromatic rings. The van der Waals surface area contributed by atoms with Gasteiger partial charge in [0.25, 0.3) is 0 Å². The van der Waals surface area contributed by atoms with Crippen LogP contribution in [0.5, 0.6) is 0 Å². The van der Waals surface area contributed by atoms with Gasteiger partial charge in [0.2, 0.25) is 0 Å². The molecule has 0 N–H and O–H groups in total. The first-order valence-corrected chi connectivity index (χ1v) is 11.0. The maximum Gasteiger partial charge on any atom is 0.346 e. The Morgan fingerprint density at radius 3 is 2.32 bits per heavy atom. The molecule has 1 aliphatic rings. The van der Waals surface area contributed by atoms with Gasteiger partial charge >= 0.3 is 19.5 Å². The largest absolute Gasteiger partial charge is 0.465 e. The minimum absolute atomic E-state index is 0.0282. The van der Waals surface area contributed by atoms with Crippen LogP contribution in [0, 0.1) is 5.92 Å². The monoisotopic (exact) mass is 430 g/mol. The fourth-order valence-corrected chi connectivity index (χ4v) is 5.41. The molecule has 1 heterocycles. The molecular weight excluding hydrogens is 407 g/mol. The highest BCUT2D eigenvalue weighted by molar-refractivity contribution is 7.55. The standard InChI is InChI=1S/C19H24ClO7P/c1-4-24-19(22)17(28(23,26-5-2)27-6-3)15-14(12-25-18(15)21)16(20)13-10-8-7-9-11-13/h7-11,15,17H,4-6,12H2,1-3H3/b16-14+. The Morgan fingerprint density at radius 1 is 1.18 bits per heavy atom. The normalized spacial score (nSPS) is 19.9. The Morgan fingerprint density at radius 2 is 1.79 bits per heavy atom. The number of esters is 2. The zero-order valence-corrected chi connectivity index (χ0v) is 17.7. The Kier molecular flexibility index (Phi) is 8.25. The van der Waals surface area contributed by atoms with Gasteiger partial charge in [0.05, 0.1) is 24.9 Å². The van der Waals surface area contributed by atoms with Gasteiger partial charge in [-0.05, 0) is 26.3 Å². The highest BCUT2D eigenvalue weighted by atomic mass is 35.5. The van der Waals surface area contributed by atoms with Gasteiger partial charge in [-0.1, -0.05) is 41.9 Å². The maximum absolute atomic E-state index is 13.4. The summed E-state index contributed by atoms with van der Waals surface area (Å²) >= 11 is 6.53. The highest BCUT2D eigenvalue weighted by Gasteiger charge is 2.55. The third kappa shape index (κ3) is 4.84. The van der Waals surface area contributed by atoms with Gasteiger partial charge in [0, 0.05) is 5.57 Å². The third-order valence-corrected chi connectivity index (χ3v) is 7.00. The minimum atomic E-state index is -4.04. The number of halogens is 1. The summed E-state index contributed by atoms with van der Waals surface area (Å²) in [6.07, 6.45) is 0. The van der Waals surface area contributed by atoms with E-state index in [-0.39, 0.29) is 31.5 Å². The summed E-state index contributed by atoms with van der Waals surface area (Å²) in [6.45, 7) is 4.83. The number of carbonyl (C=O) groups is 2. The van der Waals surface area contributed by atoms with E-state index in [1.807, 2.05) is 6.07 Å². The van der Waals surface area contributed by atoms with Gasteiger partial charge in [-0.2, -0.15) is 0 Å². The predicted octanol–water partition coefficient (Wildman–Crippen LogP) is 4.01. The molecule has 154 valence electrons. The van der Waals surface area contributed by atoms with Crippen LogP contribution in [0.25, 0.3) is 5.03 Å². The molecule has 0 bridgehead atoms. The number of rotatable bonds is 9. The van der Waals surface area contributed by atoms with Crippen molar-refractivity contribution in [2.24, 2.45) is 5.92 Å². The molecule has 1 fully saturated rings. The van der Waals surface area contributed by atoms with Gasteiger partial charge in [-0.15, -0.1) is 0 Å². The molecule has 2 unspecified atom stereocenters. The van der Waals surface area contributed by atoms with Crippen LogP contribution in [0.3, 0.4) is 0 Å². The van der Waals surface area contributed by atoms with E-state index in [2.05, 4.69) is 0 Å². The van der Waals surface area contributed by atoms with Crippen LogP contribution in [0.2, 0.25) is 0 Å². The van der Waals surface area contributed by atoms with Crippen LogP contribution in [0.1, 0.15) is 26.3 Å². The number of benzene rings is 1. The van der Waals surface area contributed by atoms with Crippen LogP contribution in [-0.4, -0.2) is 44.0 Å². The van der Waals surface area contributed by atoms with Gasteiger partial charge in [0.15, 0.2) is 5.66 Å². The number of hydrogen-bond donors (Lipinski definition) is 0. The summed E-state index contributed by atoms with van der Waals surface area (Å²) in [5, 5.41) is 0.255. The second kappa shape index (κ2) is 10.2. The number of cyclic esters (lactones) is 1. The topological polar surface area (TPSA) is 88.1 Å². The molecule has 0 spiro atoms. The molecule has 0 aliphatic carbocycles. The van der Waals surface area contributed by atoms with Crippen molar-refractivity contribution in [3.63, 3.8) is 0 Å². The quantitative estimate of drug-likeness (QED) is 0.432. The average molecular weight is 431 g/mol. The van der Waals surface area contributed by atoms with Gasteiger partial charge in [-0.3, -0.25) is 14.2 Å². The summed E-state index contributed by atoms with van der Waals surface area (Å²) in [5.74, 6) is -2.80. The second-order valence-electron chi connectivity index (χ2n) is 5.86. The number of carbonyl (C=O) groups excluding carboxylic acids is 2. The zero-order chi connectivity index (χ0) is 20.7. The van der Waals surface area contributed by atoms with Crippen LogP contribution < -0.4 is 0 Å². The van der Waals surface area contributed by atoms with Crippen LogP contribution in [0.15, 0.2) is 35.9 Å². The lowest BCUT2D eigenvalue weighted by molar-refractivity contribution is -0.149. The van der Waals surface area contributed by atoms with Crippen molar-refractivity contribution >= 4 is 36.2 Å². The Balaban J connectivity index is 2.60. The SMILES string of the molecule is CCOC(=O)C(C1C(=O)OC/C1=C(\Cl)c1ccccc1)P(=O)(OCC)OCC. The van der Waals surface area contributed by atoms with E-state index in [0.717, 1.165) is 0 Å². The number of hydrogen-bond acceptors (Lipinski definition) is 7. The lowest BCUT2D eigenvalue weighted by Crippen LogP contribution is -2.36. The molecule has 28 heavy (non-hydrogen) atoms. The molecular formula is C19H24ClO7P. The van der Waals surface area contributed by atoms with E-state index in [1.54, 1.807) is 45.0 Å². The molecule has 2 atom stereocenters. The summed E-state index contributed by atoms with van der Waals surface area (Å²) in [5.41, 5.74) is -0.516. The van der Waals surface area contributed by atoms with Crippen molar-refractivity contribution in [3.8, 4) is 0 Å². The van der Waals surface area contributed by atoms with Crippen molar-refractivity contribution in [2.45, 2.75) is 26.4 Å². The zero-order valence-electron chi connectivity index (χ0n) is 16.1. The molecule has 0 aromatic heterocycles. The van der Waals surface area contributed by atoms with Crippen molar-refractivity contribution in [3.05, 3.63) is 41.5 Å². The second-order valence-corrected chi connectivity index (χ2v) is 8.39. The first-order chi connectivity index (χ1) is 13.4. The Hall–Kier alpha value is -1.66. The Bertz CT molecular complexity index is 768. The van der Waals surface area contributed by atoms with E-state index in [1.165, 1.54) is 0 Å². The van der Waals surface area contributed by atoms with E-state index >= 15 is 0 Å². The van der Waals surface area contributed by atoms with E-state index in [0.29, 0.717) is 11.1 Å². The molecule has 9 heteroatoms. The lowest BCUT2D eigenvalue weighted by atomic mass is 9.95. The predicted molar refractivity (Wildman–Crippen MR) is 105 cm³/mol. The fraction of sp³-hybridized carbons (Fsp3) is 0.474. The summed E-state index contributed by atoms with van der Waals surface area (Å²) in [7, 11) is -4.04. The average Bonchev–Trinajstić information content (AvgIpc) is 3.04. The van der Waals surface area contributed by atoms with Gasteiger partial charge in [-0.25, -0.2) is 0 Å². The van der Waals surface area contributed by atoms with Crippen molar-refractivity contribution in [2.75, 3.05) is 26.4 Å². The molecule has 0 amide bonds. The van der Waals surface area contributed by atoms with Gasteiger partial charge in [0.1, 0.15) is 12.5 Å². The van der Waals surface area contributed by atoms with Gasteiger partial charge < -0.3 is 18.5 Å². The third-order valence-electron chi connectivity index (χ3n) is 4.11. The molecule has 1 aromatic carbocycles. The molecule has 0 radical (unpaired) electrons. The van der Waals surface area contributed by atoms with Crippen LogP contribution in [0.4, 0.5) is 0 Å². The molecule has 1 saturated heterocycles. The van der Waals surface area contributed by atoms with E-state index in [4.69, 9.17) is 30.1 Å². The molecule has 2 rings (SSSR count). The first kappa shape index (κ1) is 22.6. The molecule has 0 saturated carbocycles. The van der Waals surface area contributed by atoms with Crippen molar-refractivity contribution < 1.29 is 32.7 Å². The summed E-state index contributed by atoms with van der Waals surface area (Å²) < 4.78 is 34.4. The number of ether oxygens (including phenoxy) is 2. The molecule has 7 nitrogen and oxygen atoms in total. The minimum Gasteiger partial charge on any atom is -0.465 e. The smallest absolute Gasteiger partial charge is 0.346 e. The maximum atomic E-state index is 13.4. The first-order valence-electron chi connectivity index (χ1n) is 9.05. The van der Waals surface area contributed by atoms with Crippen molar-refractivity contribution in [1.82, 2.24) is 0 Å². The van der Waals surface area contributed by atoms with Crippen LogP contribution >= 0.6 is 19.2 Å². The Labute approximate surface area is 169 Å². The van der Waals surface area contributed by atoms with E-state index in [9.17, 15) is 14.2 Å². The van der Waals surface area contributed by atoms with Crippen molar-refractivity contribution in [1.29, 1.82) is 0 Å². The fourth-order valence-electron chi connectivity index (χ4n) is 2.99. The summed E-state index contributed by atoms with van der Waals surface area (Å²) in [4.78, 5) is 25.3. The van der Waals surface area contributed by atoms with Crippen LogP contribution in [-0.2, 0) is 32.7 Å². The highest BCUT2D eigenvalue weighted by Crippen LogP contribution is 2.58. The lowest BCUT2D eigenvalue weighted by Gasteiger charge is -2.28.